The van der Waals surface area contributed by atoms with E-state index < -0.39 is 18.6 Å². The number of aryl methyl sites for hydroxylation is 3. The van der Waals surface area contributed by atoms with Gasteiger partial charge in [0, 0.05) is 17.7 Å². The molecule has 0 aliphatic carbocycles. The Morgan fingerprint density at radius 2 is 1.76 bits per heavy atom. The topological polar surface area (TPSA) is 127 Å². The van der Waals surface area contributed by atoms with E-state index in [1.54, 1.807) is 0 Å². The van der Waals surface area contributed by atoms with Crippen molar-refractivity contribution in [3.05, 3.63) is 47.0 Å². The maximum Gasteiger partial charge on any atom is 0.258 e. The lowest BCUT2D eigenvalue weighted by Gasteiger charge is -2.16. The van der Waals surface area contributed by atoms with E-state index in [2.05, 4.69) is 15.5 Å². The fourth-order valence-electron chi connectivity index (χ4n) is 3.46. The Balaban J connectivity index is 1.72. The number of aliphatic hydroxyl groups excluding tert-OH is 2. The molecule has 3 rings (SSSR count). The molecule has 0 aliphatic heterocycles. The van der Waals surface area contributed by atoms with Crippen LogP contribution < -0.4 is 14.8 Å². The Hall–Kier alpha value is -3.43. The van der Waals surface area contributed by atoms with Gasteiger partial charge >= 0.3 is 0 Å². The van der Waals surface area contributed by atoms with E-state index in [1.807, 2.05) is 65.0 Å². The average Bonchev–Trinajstić information content (AvgIpc) is 3.28. The highest BCUT2D eigenvalue weighted by atomic mass is 16.5. The molecular formula is C25H31N3O6. The molecule has 0 aliphatic rings. The summed E-state index contributed by atoms with van der Waals surface area (Å²) in [5.41, 5.74) is 4.27. The number of aliphatic hydroxyl groups is 2. The van der Waals surface area contributed by atoms with Crippen LogP contribution in [0.4, 0.5) is 0 Å². The SMILES string of the molecule is Cc1cc(-c2nc(-c3cc(C)c(OC[C@@H](O)CNC(=O)CO)c(C)c3)no2)ccc1OC(C)C. The zero-order valence-electron chi connectivity index (χ0n) is 20.1. The van der Waals surface area contributed by atoms with Crippen LogP contribution >= 0.6 is 0 Å². The number of amides is 1. The third-order valence-electron chi connectivity index (χ3n) is 5.03. The van der Waals surface area contributed by atoms with Gasteiger partial charge in [0.2, 0.25) is 11.7 Å². The van der Waals surface area contributed by atoms with Gasteiger partial charge in [-0.25, -0.2) is 0 Å². The van der Waals surface area contributed by atoms with Crippen LogP contribution in [0.25, 0.3) is 22.8 Å². The van der Waals surface area contributed by atoms with E-state index in [0.29, 0.717) is 17.5 Å². The van der Waals surface area contributed by atoms with E-state index in [4.69, 9.17) is 19.1 Å². The summed E-state index contributed by atoms with van der Waals surface area (Å²) in [5.74, 6) is 1.78. The first kappa shape index (κ1) is 25.2. The van der Waals surface area contributed by atoms with Crippen LogP contribution in [0.1, 0.15) is 30.5 Å². The van der Waals surface area contributed by atoms with Crippen molar-refractivity contribution >= 4 is 5.91 Å². The van der Waals surface area contributed by atoms with Crippen LogP contribution in [0.2, 0.25) is 0 Å². The van der Waals surface area contributed by atoms with Gasteiger partial charge in [0.25, 0.3) is 5.89 Å². The summed E-state index contributed by atoms with van der Waals surface area (Å²) in [6.07, 6.45) is -0.817. The largest absolute Gasteiger partial charge is 0.491 e. The van der Waals surface area contributed by atoms with E-state index in [-0.39, 0.29) is 19.3 Å². The molecule has 0 fully saturated rings. The van der Waals surface area contributed by atoms with Gasteiger partial charge in [-0.3, -0.25) is 4.79 Å². The van der Waals surface area contributed by atoms with Crippen molar-refractivity contribution in [2.45, 2.75) is 46.8 Å². The Labute approximate surface area is 198 Å². The second-order valence-electron chi connectivity index (χ2n) is 8.44. The maximum absolute atomic E-state index is 11.1. The maximum atomic E-state index is 11.1. The van der Waals surface area contributed by atoms with Crippen molar-refractivity contribution in [1.82, 2.24) is 15.5 Å². The number of hydrogen-bond acceptors (Lipinski definition) is 8. The second-order valence-corrected chi connectivity index (χ2v) is 8.44. The summed E-state index contributed by atoms with van der Waals surface area (Å²) in [4.78, 5) is 15.7. The number of aromatic nitrogens is 2. The van der Waals surface area contributed by atoms with E-state index >= 15 is 0 Å². The number of nitrogens with one attached hydrogen (secondary N) is 1. The summed E-state index contributed by atoms with van der Waals surface area (Å²) in [6.45, 7) is 9.09. The number of nitrogens with zero attached hydrogens (tertiary/aromatic N) is 2. The highest BCUT2D eigenvalue weighted by Gasteiger charge is 2.16. The molecule has 9 heteroatoms. The van der Waals surface area contributed by atoms with Crippen LogP contribution in [0, 0.1) is 20.8 Å². The van der Waals surface area contributed by atoms with Crippen molar-refractivity contribution < 1.29 is 29.0 Å². The molecule has 3 aromatic rings. The molecule has 1 aromatic heterocycles. The second kappa shape index (κ2) is 11.1. The molecule has 9 nitrogen and oxygen atoms in total. The third kappa shape index (κ3) is 6.33. The van der Waals surface area contributed by atoms with Crippen molar-refractivity contribution in [1.29, 1.82) is 0 Å². The number of rotatable bonds is 10. The molecule has 2 aromatic carbocycles. The predicted octanol–water partition coefficient (Wildman–Crippen LogP) is 2.96. The lowest BCUT2D eigenvalue weighted by atomic mass is 10.1. The minimum atomic E-state index is -0.908. The first-order chi connectivity index (χ1) is 16.2. The van der Waals surface area contributed by atoms with Crippen molar-refractivity contribution in [3.8, 4) is 34.3 Å². The highest BCUT2D eigenvalue weighted by Crippen LogP contribution is 2.31. The highest BCUT2D eigenvalue weighted by molar-refractivity contribution is 5.76. The molecule has 0 bridgehead atoms. The third-order valence-corrected chi connectivity index (χ3v) is 5.03. The molecule has 3 N–H and O–H groups in total. The summed E-state index contributed by atoms with van der Waals surface area (Å²) in [5, 5.41) is 25.3. The standard InChI is InChI=1S/C25H31N3O6/c1-14(2)33-21-7-6-18(8-15(21)3)25-27-24(28-34-25)19-9-16(4)23(17(5)10-19)32-13-20(30)11-26-22(31)12-29/h6-10,14,20,29-30H,11-13H2,1-5H3,(H,26,31)/t20-/m0/s1. The Morgan fingerprint density at radius 1 is 1.09 bits per heavy atom. The Bertz CT molecular complexity index is 1120. The smallest absolute Gasteiger partial charge is 0.258 e. The van der Waals surface area contributed by atoms with Crippen molar-refractivity contribution in [3.63, 3.8) is 0 Å². The Morgan fingerprint density at radius 3 is 2.38 bits per heavy atom. The lowest BCUT2D eigenvalue weighted by molar-refractivity contribution is -0.124. The molecule has 0 unspecified atom stereocenters. The van der Waals surface area contributed by atoms with Gasteiger partial charge < -0.3 is 29.5 Å². The summed E-state index contributed by atoms with van der Waals surface area (Å²) in [6, 6.07) is 9.53. The zero-order chi connectivity index (χ0) is 24.8. The molecule has 1 atom stereocenters. The van der Waals surface area contributed by atoms with Crippen LogP contribution in [0.15, 0.2) is 34.9 Å². The van der Waals surface area contributed by atoms with Gasteiger partial charge in [-0.2, -0.15) is 4.98 Å². The summed E-state index contributed by atoms with van der Waals surface area (Å²) >= 11 is 0. The van der Waals surface area contributed by atoms with Gasteiger partial charge in [0.15, 0.2) is 0 Å². The van der Waals surface area contributed by atoms with Gasteiger partial charge in [-0.05, 0) is 81.6 Å². The fraction of sp³-hybridized carbons (Fsp3) is 0.400. The number of carbonyl (C=O) groups is 1. The quantitative estimate of drug-likeness (QED) is 0.414. The molecular weight excluding hydrogens is 438 g/mol. The predicted molar refractivity (Wildman–Crippen MR) is 127 cm³/mol. The van der Waals surface area contributed by atoms with Crippen LogP contribution in [-0.4, -0.2) is 58.2 Å². The van der Waals surface area contributed by atoms with Crippen molar-refractivity contribution in [2.24, 2.45) is 0 Å². The number of benzene rings is 2. The monoisotopic (exact) mass is 469 g/mol. The average molecular weight is 470 g/mol. The molecule has 1 amide bonds. The van der Waals surface area contributed by atoms with E-state index in [0.717, 1.165) is 33.6 Å². The summed E-state index contributed by atoms with van der Waals surface area (Å²) < 4.78 is 17.1. The molecule has 34 heavy (non-hydrogen) atoms. The lowest BCUT2D eigenvalue weighted by Crippen LogP contribution is -2.36. The molecule has 1 heterocycles. The van der Waals surface area contributed by atoms with Crippen LogP contribution in [-0.2, 0) is 4.79 Å². The van der Waals surface area contributed by atoms with Gasteiger partial charge in [-0.15, -0.1) is 0 Å². The van der Waals surface area contributed by atoms with E-state index in [1.165, 1.54) is 0 Å². The first-order valence-corrected chi connectivity index (χ1v) is 11.1. The molecule has 182 valence electrons. The zero-order valence-corrected chi connectivity index (χ0v) is 20.1. The first-order valence-electron chi connectivity index (χ1n) is 11.1. The number of hydrogen-bond donors (Lipinski definition) is 3. The fourth-order valence-corrected chi connectivity index (χ4v) is 3.46. The number of ether oxygens (including phenoxy) is 2. The molecule has 0 saturated carbocycles. The Kier molecular flexibility index (Phi) is 8.25. The van der Waals surface area contributed by atoms with Crippen LogP contribution in [0.3, 0.4) is 0 Å². The number of carbonyl (C=O) groups excluding carboxylic acids is 1. The summed E-state index contributed by atoms with van der Waals surface area (Å²) in [7, 11) is 0. The minimum absolute atomic E-state index is 0.00500. The van der Waals surface area contributed by atoms with Crippen molar-refractivity contribution in [2.75, 3.05) is 19.8 Å². The minimum Gasteiger partial charge on any atom is -0.491 e. The van der Waals surface area contributed by atoms with Gasteiger partial charge in [0.1, 0.15) is 30.8 Å². The van der Waals surface area contributed by atoms with E-state index in [9.17, 15) is 9.90 Å². The molecule has 0 saturated heterocycles. The van der Waals surface area contributed by atoms with Gasteiger partial charge in [0.05, 0.1) is 6.10 Å². The normalized spacial score (nSPS) is 12.0. The molecule has 0 spiro atoms. The molecule has 0 radical (unpaired) electrons. The van der Waals surface area contributed by atoms with Gasteiger partial charge in [-0.1, -0.05) is 5.16 Å². The van der Waals surface area contributed by atoms with Crippen LogP contribution in [0.5, 0.6) is 11.5 Å².